The first-order valence-electron chi connectivity index (χ1n) is 3.20. The Labute approximate surface area is 68.8 Å². The van der Waals surface area contributed by atoms with Gasteiger partial charge in [0, 0.05) is 0 Å². The molecule has 12 heavy (non-hydrogen) atoms. The molecule has 0 aliphatic carbocycles. The van der Waals surface area contributed by atoms with Crippen LogP contribution in [0.3, 0.4) is 0 Å². The van der Waals surface area contributed by atoms with Crippen LogP contribution in [0.2, 0.25) is 0 Å². The second kappa shape index (κ2) is 4.64. The molecular formula is C8H9F3O. The molecule has 0 rings (SSSR count). The van der Waals surface area contributed by atoms with E-state index in [4.69, 9.17) is 0 Å². The summed E-state index contributed by atoms with van der Waals surface area (Å²) < 4.78 is 38.4. The molecule has 0 spiro atoms. The van der Waals surface area contributed by atoms with Crippen LogP contribution in [-0.4, -0.2) is 6.36 Å². The summed E-state index contributed by atoms with van der Waals surface area (Å²) in [5, 5.41) is 0. The van der Waals surface area contributed by atoms with Crippen LogP contribution in [0.1, 0.15) is 6.92 Å². The molecule has 0 heterocycles. The van der Waals surface area contributed by atoms with Crippen molar-refractivity contribution in [2.24, 2.45) is 0 Å². The van der Waals surface area contributed by atoms with Crippen LogP contribution in [0.4, 0.5) is 13.2 Å². The van der Waals surface area contributed by atoms with E-state index in [-0.39, 0.29) is 5.76 Å². The Morgan fingerprint density at radius 1 is 1.42 bits per heavy atom. The van der Waals surface area contributed by atoms with Crippen LogP contribution < -0.4 is 0 Å². The summed E-state index contributed by atoms with van der Waals surface area (Å²) in [4.78, 5) is 0. The van der Waals surface area contributed by atoms with E-state index in [0.717, 1.165) is 0 Å². The third-order valence-corrected chi connectivity index (χ3v) is 0.915. The van der Waals surface area contributed by atoms with Gasteiger partial charge < -0.3 is 4.74 Å². The average Bonchev–Trinajstić information content (AvgIpc) is 1.95. The van der Waals surface area contributed by atoms with E-state index in [1.54, 1.807) is 0 Å². The maximum atomic E-state index is 11.6. The van der Waals surface area contributed by atoms with Crippen molar-refractivity contribution in [2.75, 3.05) is 0 Å². The molecule has 0 atom stereocenters. The molecule has 0 aromatic heterocycles. The lowest BCUT2D eigenvalue weighted by Crippen LogP contribution is -2.11. The first kappa shape index (κ1) is 10.8. The topological polar surface area (TPSA) is 9.23 Å². The van der Waals surface area contributed by atoms with Crippen molar-refractivity contribution in [1.82, 2.24) is 0 Å². The zero-order chi connectivity index (χ0) is 9.61. The summed E-state index contributed by atoms with van der Waals surface area (Å²) in [6, 6.07) is 0. The van der Waals surface area contributed by atoms with Gasteiger partial charge in [-0.2, -0.15) is 0 Å². The summed E-state index contributed by atoms with van der Waals surface area (Å²) in [5.74, 6) is -0.248. The van der Waals surface area contributed by atoms with Gasteiger partial charge in [-0.3, -0.25) is 0 Å². The fraction of sp³-hybridized carbons (Fsp3) is 0.250. The maximum Gasteiger partial charge on any atom is 0.573 e. The van der Waals surface area contributed by atoms with Gasteiger partial charge in [-0.05, 0) is 19.1 Å². The van der Waals surface area contributed by atoms with Crippen LogP contribution in [0.5, 0.6) is 0 Å². The predicted octanol–water partition coefficient (Wildman–Crippen LogP) is 3.17. The van der Waals surface area contributed by atoms with E-state index in [2.05, 4.69) is 11.3 Å². The fourth-order valence-electron chi connectivity index (χ4n) is 0.486. The van der Waals surface area contributed by atoms with E-state index in [0.29, 0.717) is 0 Å². The number of allylic oxidation sites excluding steroid dienone is 4. The van der Waals surface area contributed by atoms with Crippen molar-refractivity contribution in [3.63, 3.8) is 0 Å². The zero-order valence-electron chi connectivity index (χ0n) is 6.56. The minimum Gasteiger partial charge on any atom is -0.406 e. The molecule has 0 aromatic carbocycles. The van der Waals surface area contributed by atoms with Crippen molar-refractivity contribution in [2.45, 2.75) is 13.3 Å². The second-order valence-electron chi connectivity index (χ2n) is 1.83. The quantitative estimate of drug-likeness (QED) is 0.476. The minimum absolute atomic E-state index is 0.248. The Bertz CT molecular complexity index is 201. The van der Waals surface area contributed by atoms with Crippen LogP contribution in [-0.2, 0) is 4.74 Å². The van der Waals surface area contributed by atoms with Crippen molar-refractivity contribution in [3.8, 4) is 0 Å². The molecule has 0 saturated carbocycles. The smallest absolute Gasteiger partial charge is 0.406 e. The van der Waals surface area contributed by atoms with E-state index in [9.17, 15) is 13.2 Å². The first-order chi connectivity index (χ1) is 5.49. The third-order valence-electron chi connectivity index (χ3n) is 0.915. The molecule has 0 unspecified atom stereocenters. The number of ether oxygens (including phenoxy) is 1. The van der Waals surface area contributed by atoms with Gasteiger partial charge in [-0.15, -0.1) is 13.2 Å². The maximum absolute atomic E-state index is 11.6. The molecule has 0 radical (unpaired) electrons. The number of halogens is 3. The predicted molar refractivity (Wildman–Crippen MR) is 40.2 cm³/mol. The molecule has 1 nitrogen and oxygen atoms in total. The highest BCUT2D eigenvalue weighted by atomic mass is 19.4. The Morgan fingerprint density at radius 2 is 2.00 bits per heavy atom. The van der Waals surface area contributed by atoms with E-state index >= 15 is 0 Å². The van der Waals surface area contributed by atoms with Gasteiger partial charge in [-0.25, -0.2) is 0 Å². The van der Waals surface area contributed by atoms with Gasteiger partial charge in [0.25, 0.3) is 0 Å². The summed E-state index contributed by atoms with van der Waals surface area (Å²) in [6.45, 7) is 4.77. The van der Waals surface area contributed by atoms with Gasteiger partial charge in [0.15, 0.2) is 0 Å². The average molecular weight is 178 g/mol. The zero-order valence-corrected chi connectivity index (χ0v) is 6.56. The lowest BCUT2D eigenvalue weighted by Gasteiger charge is -2.08. The first-order valence-corrected chi connectivity index (χ1v) is 3.20. The van der Waals surface area contributed by atoms with Crippen LogP contribution in [0.25, 0.3) is 0 Å². The van der Waals surface area contributed by atoms with Crippen molar-refractivity contribution >= 4 is 0 Å². The standard InChI is InChI=1S/C8H9F3O/c1-3-5-6-7(4-2)12-8(9,10)11/h3-6H,1H2,2H3/b6-5-,7-4+. The van der Waals surface area contributed by atoms with Gasteiger partial charge in [0.2, 0.25) is 0 Å². The van der Waals surface area contributed by atoms with Gasteiger partial charge in [0.1, 0.15) is 5.76 Å². The van der Waals surface area contributed by atoms with Gasteiger partial charge in [0.05, 0.1) is 0 Å². The Hall–Kier alpha value is -1.19. The highest BCUT2D eigenvalue weighted by molar-refractivity contribution is 5.15. The van der Waals surface area contributed by atoms with E-state index < -0.39 is 6.36 Å². The van der Waals surface area contributed by atoms with Crippen LogP contribution in [0.15, 0.2) is 36.6 Å². The monoisotopic (exact) mass is 178 g/mol. The Balaban J connectivity index is 4.21. The lowest BCUT2D eigenvalue weighted by molar-refractivity contribution is -0.303. The highest BCUT2D eigenvalue weighted by Crippen LogP contribution is 2.21. The number of rotatable bonds is 3. The van der Waals surface area contributed by atoms with Gasteiger partial charge >= 0.3 is 6.36 Å². The molecule has 0 amide bonds. The SMILES string of the molecule is C=C/C=C\C(=C/C)OC(F)(F)F. The Kier molecular flexibility index (Phi) is 4.18. The molecule has 68 valence electrons. The van der Waals surface area contributed by atoms with Crippen LogP contribution in [0, 0.1) is 0 Å². The van der Waals surface area contributed by atoms with Gasteiger partial charge in [-0.1, -0.05) is 18.7 Å². The molecular weight excluding hydrogens is 169 g/mol. The molecule has 0 aliphatic rings. The third kappa shape index (κ3) is 5.58. The second-order valence-corrected chi connectivity index (χ2v) is 1.83. The molecule has 4 heteroatoms. The molecule has 0 saturated heterocycles. The summed E-state index contributed by atoms with van der Waals surface area (Å²) in [7, 11) is 0. The highest BCUT2D eigenvalue weighted by Gasteiger charge is 2.31. The van der Waals surface area contributed by atoms with E-state index in [1.807, 2.05) is 0 Å². The molecule has 0 aliphatic heterocycles. The Morgan fingerprint density at radius 3 is 2.33 bits per heavy atom. The number of hydrogen-bond acceptors (Lipinski definition) is 1. The van der Waals surface area contributed by atoms with Crippen molar-refractivity contribution < 1.29 is 17.9 Å². The lowest BCUT2D eigenvalue weighted by atomic mass is 10.4. The summed E-state index contributed by atoms with van der Waals surface area (Å²) in [5.41, 5.74) is 0. The summed E-state index contributed by atoms with van der Waals surface area (Å²) >= 11 is 0. The molecule has 0 N–H and O–H groups in total. The summed E-state index contributed by atoms with van der Waals surface area (Å²) in [6.07, 6.45) is 0.492. The number of hydrogen-bond donors (Lipinski definition) is 0. The van der Waals surface area contributed by atoms with Crippen LogP contribution >= 0.6 is 0 Å². The van der Waals surface area contributed by atoms with Crippen molar-refractivity contribution in [1.29, 1.82) is 0 Å². The van der Waals surface area contributed by atoms with E-state index in [1.165, 1.54) is 31.2 Å². The molecule has 0 bridgehead atoms. The fourth-order valence-corrected chi connectivity index (χ4v) is 0.486. The van der Waals surface area contributed by atoms with Crippen molar-refractivity contribution in [3.05, 3.63) is 36.6 Å². The number of alkyl halides is 3. The normalized spacial score (nSPS) is 13.5. The largest absolute Gasteiger partial charge is 0.573 e. The molecule has 0 aromatic rings. The minimum atomic E-state index is -4.63. The molecule has 0 fully saturated rings.